The van der Waals surface area contributed by atoms with Crippen molar-refractivity contribution in [3.05, 3.63) is 0 Å². The highest BCUT2D eigenvalue weighted by Crippen LogP contribution is 2.18. The Labute approximate surface area is 75.3 Å². The molecule has 1 amide bonds. The van der Waals surface area contributed by atoms with E-state index >= 15 is 0 Å². The molecule has 0 heterocycles. The van der Waals surface area contributed by atoms with Crippen LogP contribution in [0.4, 0.5) is 0 Å². The third-order valence-electron chi connectivity index (χ3n) is 0.870. The summed E-state index contributed by atoms with van der Waals surface area (Å²) in [6, 6.07) is 0. The zero-order valence-corrected chi connectivity index (χ0v) is 8.39. The maximum absolute atomic E-state index is 10.4. The summed E-state index contributed by atoms with van der Waals surface area (Å²) < 4.78 is 0. The average molecular weight is 195 g/mol. The molecule has 0 aromatic rings. The van der Waals surface area contributed by atoms with Crippen LogP contribution in [0.25, 0.3) is 0 Å². The minimum Gasteiger partial charge on any atom is -0.357 e. The van der Waals surface area contributed by atoms with Gasteiger partial charge in [-0.15, -0.1) is 0 Å². The van der Waals surface area contributed by atoms with E-state index in [1.807, 2.05) is 10.8 Å². The Kier molecular flexibility index (Phi) is 8.33. The van der Waals surface area contributed by atoms with Crippen molar-refractivity contribution in [2.75, 3.05) is 24.6 Å². The van der Waals surface area contributed by atoms with Crippen molar-refractivity contribution in [2.24, 2.45) is 0 Å². The molecule has 0 spiro atoms. The topological polar surface area (TPSA) is 56.7 Å². The smallest absolute Gasteiger partial charge is 0.216 e. The second-order valence-corrected chi connectivity index (χ2v) is 4.68. The van der Waals surface area contributed by atoms with Crippen LogP contribution < -0.4 is 11.1 Å². The highest BCUT2D eigenvalue weighted by atomic mass is 33.1. The molecule has 5 heteroatoms. The number of hydrogen-bond donors (Lipinski definition) is 2. The minimum absolute atomic E-state index is 0.0489. The predicted octanol–water partition coefficient (Wildman–Crippen LogP) is -0.254. The fourth-order valence-electron chi connectivity index (χ4n) is 0.446. The van der Waals surface area contributed by atoms with Gasteiger partial charge in [0.2, 0.25) is 5.91 Å². The average Bonchev–Trinajstić information content (AvgIpc) is 1.96. The number of carbonyl (C=O) groups excluding carboxylic acids is 1. The van der Waals surface area contributed by atoms with Gasteiger partial charge in [0.15, 0.2) is 0 Å². The number of hydrogen-bond acceptors (Lipinski definition) is 3. The first kappa shape index (κ1) is 11.1. The fourth-order valence-corrected chi connectivity index (χ4v) is 2.30. The lowest BCUT2D eigenvalue weighted by Crippen LogP contribution is -2.51. The first-order valence-electron chi connectivity index (χ1n) is 3.55. The molecule has 11 heavy (non-hydrogen) atoms. The van der Waals surface area contributed by atoms with Gasteiger partial charge in [0.1, 0.15) is 0 Å². The molecule has 4 N–H and O–H groups in total. The third-order valence-corrected chi connectivity index (χ3v) is 3.36. The van der Waals surface area contributed by atoms with Gasteiger partial charge in [0, 0.05) is 19.2 Å². The molecule has 0 aliphatic carbocycles. The Bertz CT molecular complexity index is 111. The van der Waals surface area contributed by atoms with Gasteiger partial charge >= 0.3 is 0 Å². The molecule has 3 nitrogen and oxygen atoms in total. The van der Waals surface area contributed by atoms with E-state index in [2.05, 4.69) is 11.1 Å². The van der Waals surface area contributed by atoms with Crippen LogP contribution in [-0.2, 0) is 4.79 Å². The Morgan fingerprint density at radius 3 is 2.64 bits per heavy atom. The zero-order valence-electron chi connectivity index (χ0n) is 6.76. The monoisotopic (exact) mass is 195 g/mol. The van der Waals surface area contributed by atoms with Crippen molar-refractivity contribution in [3.63, 3.8) is 0 Å². The van der Waals surface area contributed by atoms with E-state index in [4.69, 9.17) is 0 Å². The van der Waals surface area contributed by atoms with Crippen LogP contribution in [-0.4, -0.2) is 30.5 Å². The molecule has 0 rings (SSSR count). The fraction of sp³-hybridized carbons (Fsp3) is 0.833. The van der Waals surface area contributed by atoms with Gasteiger partial charge in [-0.2, -0.15) is 0 Å². The van der Waals surface area contributed by atoms with E-state index in [9.17, 15) is 4.79 Å². The van der Waals surface area contributed by atoms with E-state index in [0.717, 1.165) is 24.6 Å². The van der Waals surface area contributed by atoms with Gasteiger partial charge < -0.3 is 11.1 Å². The van der Waals surface area contributed by atoms with Crippen LogP contribution in [0.5, 0.6) is 0 Å². The zero-order chi connectivity index (χ0) is 8.53. The number of rotatable bonds is 6. The highest BCUT2D eigenvalue weighted by molar-refractivity contribution is 8.76. The van der Waals surface area contributed by atoms with Gasteiger partial charge in [0.25, 0.3) is 0 Å². The van der Waals surface area contributed by atoms with Crippen molar-refractivity contribution in [1.82, 2.24) is 5.32 Å². The van der Waals surface area contributed by atoms with Gasteiger partial charge in [0.05, 0.1) is 12.3 Å². The lowest BCUT2D eigenvalue weighted by Gasteiger charge is -1.99. The lowest BCUT2D eigenvalue weighted by atomic mass is 10.6. The van der Waals surface area contributed by atoms with E-state index in [0.29, 0.717) is 0 Å². The number of amides is 1. The van der Waals surface area contributed by atoms with Gasteiger partial charge in [-0.05, 0) is 0 Å². The normalized spacial score (nSPS) is 9.64. The molecule has 0 aliphatic heterocycles. The third kappa shape index (κ3) is 10.1. The van der Waals surface area contributed by atoms with Gasteiger partial charge in [-0.1, -0.05) is 21.6 Å². The van der Waals surface area contributed by atoms with Crippen molar-refractivity contribution in [3.8, 4) is 0 Å². The second kappa shape index (κ2) is 8.23. The molecular formula is C6H15N2OS2+. The number of quaternary nitrogens is 1. The van der Waals surface area contributed by atoms with Crippen LogP contribution in [0.1, 0.15) is 6.92 Å². The maximum atomic E-state index is 10.4. The molecule has 0 aromatic carbocycles. The molecule has 0 radical (unpaired) electrons. The Morgan fingerprint density at radius 2 is 2.09 bits per heavy atom. The molecular weight excluding hydrogens is 180 g/mol. The van der Waals surface area contributed by atoms with Crippen LogP contribution in [0.2, 0.25) is 0 Å². The van der Waals surface area contributed by atoms with Crippen molar-refractivity contribution < 1.29 is 10.5 Å². The largest absolute Gasteiger partial charge is 0.357 e. The Balaban J connectivity index is 2.85. The lowest BCUT2D eigenvalue weighted by molar-refractivity contribution is -0.360. The molecule has 0 atom stereocenters. The summed E-state index contributed by atoms with van der Waals surface area (Å²) in [5.74, 6) is 2.11. The molecule has 0 unspecified atom stereocenters. The van der Waals surface area contributed by atoms with E-state index in [-0.39, 0.29) is 5.91 Å². The quantitative estimate of drug-likeness (QED) is 0.454. The van der Waals surface area contributed by atoms with Crippen molar-refractivity contribution >= 4 is 27.5 Å². The van der Waals surface area contributed by atoms with Crippen LogP contribution >= 0.6 is 21.6 Å². The summed E-state index contributed by atoms with van der Waals surface area (Å²) in [5, 5.41) is 2.73. The van der Waals surface area contributed by atoms with Crippen molar-refractivity contribution in [2.45, 2.75) is 6.92 Å². The first-order chi connectivity index (χ1) is 5.27. The van der Waals surface area contributed by atoms with Gasteiger partial charge in [-0.25, -0.2) is 0 Å². The summed E-state index contributed by atoms with van der Waals surface area (Å²) in [6.07, 6.45) is 0. The SMILES string of the molecule is CC(=O)NCCSSCC[NH3+]. The van der Waals surface area contributed by atoms with Gasteiger partial charge in [-0.3, -0.25) is 4.79 Å². The van der Waals surface area contributed by atoms with Crippen LogP contribution in [0, 0.1) is 0 Å². The molecule has 0 saturated carbocycles. The standard InChI is InChI=1S/C6H14N2OS2/c1-6(9)8-3-5-11-10-4-2-7/h2-5,7H2,1H3,(H,8,9)/p+1. The molecule has 66 valence electrons. The number of nitrogens with one attached hydrogen (secondary N) is 1. The summed E-state index contributed by atoms with van der Waals surface area (Å²) >= 11 is 0. The van der Waals surface area contributed by atoms with E-state index in [1.165, 1.54) is 6.92 Å². The molecule has 0 saturated heterocycles. The van der Waals surface area contributed by atoms with Crippen LogP contribution in [0.15, 0.2) is 0 Å². The molecule has 0 aromatic heterocycles. The molecule has 0 bridgehead atoms. The summed E-state index contributed by atoms with van der Waals surface area (Å²) in [4.78, 5) is 10.4. The molecule has 0 fully saturated rings. The Morgan fingerprint density at radius 1 is 1.45 bits per heavy atom. The maximum Gasteiger partial charge on any atom is 0.216 e. The van der Waals surface area contributed by atoms with Crippen LogP contribution in [0.3, 0.4) is 0 Å². The van der Waals surface area contributed by atoms with E-state index in [1.54, 1.807) is 10.8 Å². The molecule has 0 aliphatic rings. The highest BCUT2D eigenvalue weighted by Gasteiger charge is 1.91. The minimum atomic E-state index is 0.0489. The van der Waals surface area contributed by atoms with E-state index < -0.39 is 0 Å². The first-order valence-corrected chi connectivity index (χ1v) is 6.04. The Hall–Kier alpha value is 0.130. The van der Waals surface area contributed by atoms with Crippen molar-refractivity contribution in [1.29, 1.82) is 0 Å². The number of carbonyl (C=O) groups is 1. The predicted molar refractivity (Wildman–Crippen MR) is 51.4 cm³/mol. The second-order valence-electron chi connectivity index (χ2n) is 1.98. The summed E-state index contributed by atoms with van der Waals surface area (Å²) in [6.45, 7) is 3.27. The summed E-state index contributed by atoms with van der Waals surface area (Å²) in [5.41, 5.74) is 3.73. The summed E-state index contributed by atoms with van der Waals surface area (Å²) in [7, 11) is 3.59.